The molecule has 0 heterocycles. The van der Waals surface area contributed by atoms with Crippen LogP contribution in [-0.2, 0) is 31.1 Å². The van der Waals surface area contributed by atoms with E-state index >= 15 is 0 Å². The van der Waals surface area contributed by atoms with Gasteiger partial charge in [0, 0.05) is 0 Å². The van der Waals surface area contributed by atoms with Gasteiger partial charge in [-0.05, 0) is 106 Å². The summed E-state index contributed by atoms with van der Waals surface area (Å²) in [5.74, 6) is 1.55. The average Bonchev–Trinajstić information content (AvgIpc) is 3.50. The van der Waals surface area contributed by atoms with Crippen molar-refractivity contribution in [3.8, 4) is 0 Å². The van der Waals surface area contributed by atoms with Crippen molar-refractivity contribution in [1.82, 2.24) is 0 Å². The maximum absolute atomic E-state index is 4.62. The van der Waals surface area contributed by atoms with Crippen LogP contribution in [0.15, 0.2) is 66.3 Å². The van der Waals surface area contributed by atoms with E-state index in [1.807, 2.05) is 0 Å². The lowest BCUT2D eigenvalue weighted by Gasteiger charge is -2.23. The van der Waals surface area contributed by atoms with Crippen LogP contribution in [0.5, 0.6) is 0 Å². The quantitative estimate of drug-likeness (QED) is 0.371. The number of allylic oxidation sites excluding steroid dienone is 5. The summed E-state index contributed by atoms with van der Waals surface area (Å²) in [6, 6.07) is 14.5. The molecule has 1 saturated carbocycles. The predicted octanol–water partition coefficient (Wildman–Crippen LogP) is 9.74. The lowest BCUT2D eigenvalue weighted by molar-refractivity contribution is 0.356. The number of benzene rings is 2. The van der Waals surface area contributed by atoms with Crippen LogP contribution in [0.25, 0.3) is 5.57 Å². The van der Waals surface area contributed by atoms with Crippen LogP contribution < -0.4 is 0 Å². The molecule has 1 unspecified atom stereocenters. The zero-order chi connectivity index (χ0) is 25.3. The summed E-state index contributed by atoms with van der Waals surface area (Å²) in [6.45, 7) is 13.8. The van der Waals surface area contributed by atoms with Gasteiger partial charge in [-0.15, -0.1) is 0 Å². The molecule has 36 heavy (non-hydrogen) atoms. The van der Waals surface area contributed by atoms with Gasteiger partial charge >= 0.3 is 0 Å². The second kappa shape index (κ2) is 10.6. The van der Waals surface area contributed by atoms with Gasteiger partial charge in [-0.2, -0.15) is 0 Å². The van der Waals surface area contributed by atoms with Crippen LogP contribution in [0.3, 0.4) is 0 Å². The Bertz CT molecular complexity index is 1170. The van der Waals surface area contributed by atoms with Gasteiger partial charge in [0.15, 0.2) is 0 Å². The Labute approximate surface area is 220 Å². The second-order valence-electron chi connectivity index (χ2n) is 12.8. The molecule has 0 nitrogen and oxygen atoms in total. The van der Waals surface area contributed by atoms with Crippen LogP contribution in [0.2, 0.25) is 0 Å². The van der Waals surface area contributed by atoms with Gasteiger partial charge in [0.1, 0.15) is 0 Å². The van der Waals surface area contributed by atoms with Gasteiger partial charge in [0.05, 0.1) is 0 Å². The van der Waals surface area contributed by atoms with Gasteiger partial charge in [-0.25, -0.2) is 0 Å². The van der Waals surface area contributed by atoms with Crippen molar-refractivity contribution in [3.05, 3.63) is 99.7 Å². The van der Waals surface area contributed by atoms with Gasteiger partial charge in [0.2, 0.25) is 0 Å². The van der Waals surface area contributed by atoms with E-state index in [1.54, 1.807) is 22.3 Å². The lowest BCUT2D eigenvalue weighted by atomic mass is 9.82. The molecule has 3 aliphatic rings. The highest BCUT2D eigenvalue weighted by molar-refractivity contribution is 5.71. The van der Waals surface area contributed by atoms with E-state index in [-0.39, 0.29) is 5.41 Å². The Morgan fingerprint density at radius 1 is 0.917 bits per heavy atom. The van der Waals surface area contributed by atoms with E-state index in [0.29, 0.717) is 5.92 Å². The van der Waals surface area contributed by atoms with Crippen LogP contribution in [0.4, 0.5) is 0 Å². The molecule has 2 aromatic rings. The van der Waals surface area contributed by atoms with E-state index in [9.17, 15) is 0 Å². The molecule has 0 N–H and O–H groups in total. The van der Waals surface area contributed by atoms with Gasteiger partial charge in [-0.3, -0.25) is 0 Å². The van der Waals surface area contributed by atoms with Crippen LogP contribution in [0, 0.1) is 11.8 Å². The maximum Gasteiger partial charge on any atom is -0.00259 e. The van der Waals surface area contributed by atoms with Crippen molar-refractivity contribution >= 4 is 5.57 Å². The molecule has 0 heteroatoms. The third kappa shape index (κ3) is 5.49. The Morgan fingerprint density at radius 3 is 2.44 bits per heavy atom. The fourth-order valence-corrected chi connectivity index (χ4v) is 6.93. The molecule has 190 valence electrons. The molecule has 1 fully saturated rings. The van der Waals surface area contributed by atoms with Crippen molar-refractivity contribution in [3.63, 3.8) is 0 Å². The van der Waals surface area contributed by atoms with E-state index < -0.39 is 0 Å². The summed E-state index contributed by atoms with van der Waals surface area (Å²) in [6.07, 6.45) is 19.0. The molecule has 0 saturated heterocycles. The molecule has 0 amide bonds. The molecular formula is C36H46. The van der Waals surface area contributed by atoms with E-state index in [2.05, 4.69) is 82.8 Å². The maximum atomic E-state index is 4.62. The number of aryl methyl sites for hydroxylation is 1. The van der Waals surface area contributed by atoms with E-state index in [4.69, 9.17) is 0 Å². The summed E-state index contributed by atoms with van der Waals surface area (Å²) in [5.41, 5.74) is 13.6. The SMILES string of the molecule is C=C(CC1=CCC=C1C1Cc2ccc(CC3CCCCC3)cc2C1)c1cc(C(C)(C)C)ccc1CC. The van der Waals surface area contributed by atoms with Crippen molar-refractivity contribution in [2.45, 2.75) is 104 Å². The molecule has 0 spiro atoms. The highest BCUT2D eigenvalue weighted by Gasteiger charge is 2.28. The van der Waals surface area contributed by atoms with Gasteiger partial charge in [0.25, 0.3) is 0 Å². The topological polar surface area (TPSA) is 0 Å². The Kier molecular flexibility index (Phi) is 7.43. The molecule has 0 aromatic heterocycles. The second-order valence-corrected chi connectivity index (χ2v) is 12.8. The number of rotatable bonds is 7. The summed E-state index contributed by atoms with van der Waals surface area (Å²) in [5, 5.41) is 0. The Hall–Kier alpha value is -2.34. The molecule has 0 bridgehead atoms. The molecule has 1 atom stereocenters. The first-order valence-corrected chi connectivity index (χ1v) is 14.6. The zero-order valence-electron chi connectivity index (χ0n) is 23.3. The summed E-state index contributed by atoms with van der Waals surface area (Å²) < 4.78 is 0. The fourth-order valence-electron chi connectivity index (χ4n) is 6.93. The van der Waals surface area contributed by atoms with Crippen molar-refractivity contribution < 1.29 is 0 Å². The molecule has 0 radical (unpaired) electrons. The van der Waals surface area contributed by atoms with Crippen molar-refractivity contribution in [2.75, 3.05) is 0 Å². The Balaban J connectivity index is 1.27. The standard InChI is InChI=1S/C36H46/c1-6-28-17-18-33(36(3,4)5)24-35(28)25(2)19-30-13-10-14-34(30)32-22-29-16-15-27(21-31(29)23-32)20-26-11-8-7-9-12-26/h13-18,21,24,26,32H,2,6-12,19-20,22-23H2,1,3-5H3. The summed E-state index contributed by atoms with van der Waals surface area (Å²) in [7, 11) is 0. The minimum Gasteiger partial charge on any atom is -0.0949 e. The third-order valence-electron chi connectivity index (χ3n) is 9.11. The third-order valence-corrected chi connectivity index (χ3v) is 9.11. The number of hydrogen-bond donors (Lipinski definition) is 0. The number of hydrogen-bond acceptors (Lipinski definition) is 0. The minimum absolute atomic E-state index is 0.157. The van der Waals surface area contributed by atoms with Crippen LogP contribution in [-0.4, -0.2) is 0 Å². The molecular weight excluding hydrogens is 432 g/mol. The van der Waals surface area contributed by atoms with Crippen LogP contribution >= 0.6 is 0 Å². The first-order chi connectivity index (χ1) is 17.3. The smallest absolute Gasteiger partial charge is 0.00259 e. The first kappa shape index (κ1) is 25.3. The first-order valence-electron chi connectivity index (χ1n) is 14.6. The molecule has 5 rings (SSSR count). The predicted molar refractivity (Wildman–Crippen MR) is 157 cm³/mol. The van der Waals surface area contributed by atoms with E-state index in [1.165, 1.54) is 79.2 Å². The van der Waals surface area contributed by atoms with Crippen LogP contribution in [0.1, 0.15) is 106 Å². The highest BCUT2D eigenvalue weighted by Crippen LogP contribution is 2.41. The van der Waals surface area contributed by atoms with Gasteiger partial charge in [-0.1, -0.05) is 115 Å². The number of fused-ring (bicyclic) bond motifs is 1. The fraction of sp³-hybridized carbons (Fsp3) is 0.500. The highest BCUT2D eigenvalue weighted by atomic mass is 14.3. The monoisotopic (exact) mass is 478 g/mol. The molecule has 2 aromatic carbocycles. The lowest BCUT2D eigenvalue weighted by Crippen LogP contribution is -2.12. The Morgan fingerprint density at radius 2 is 1.69 bits per heavy atom. The molecule has 0 aliphatic heterocycles. The van der Waals surface area contributed by atoms with E-state index in [0.717, 1.165) is 25.2 Å². The minimum atomic E-state index is 0.157. The summed E-state index contributed by atoms with van der Waals surface area (Å²) in [4.78, 5) is 0. The normalized spacial score (nSPS) is 20.3. The van der Waals surface area contributed by atoms with Crippen molar-refractivity contribution in [2.24, 2.45) is 11.8 Å². The molecule has 3 aliphatic carbocycles. The van der Waals surface area contributed by atoms with Crippen molar-refractivity contribution in [1.29, 1.82) is 0 Å². The summed E-state index contributed by atoms with van der Waals surface area (Å²) >= 11 is 0. The largest absolute Gasteiger partial charge is 0.0949 e. The zero-order valence-corrected chi connectivity index (χ0v) is 23.3. The average molecular weight is 479 g/mol. The van der Waals surface area contributed by atoms with Gasteiger partial charge < -0.3 is 0 Å².